The number of benzene rings is 1. The van der Waals surface area contributed by atoms with Crippen molar-refractivity contribution in [2.45, 2.75) is 38.9 Å². The van der Waals surface area contributed by atoms with Crippen LogP contribution in [-0.4, -0.2) is 34.0 Å². The van der Waals surface area contributed by atoms with E-state index in [0.29, 0.717) is 16.7 Å². The molecule has 0 bridgehead atoms. The summed E-state index contributed by atoms with van der Waals surface area (Å²) in [6, 6.07) is 5.53. The molecule has 1 aromatic carbocycles. The summed E-state index contributed by atoms with van der Waals surface area (Å²) >= 11 is 4.43. The predicted molar refractivity (Wildman–Crippen MR) is 100 cm³/mol. The zero-order valence-corrected chi connectivity index (χ0v) is 15.2. The van der Waals surface area contributed by atoms with Crippen LogP contribution in [0.15, 0.2) is 34.8 Å². The minimum absolute atomic E-state index is 0.143. The van der Waals surface area contributed by atoms with Gasteiger partial charge in [-0.2, -0.15) is 12.6 Å². The van der Waals surface area contributed by atoms with Gasteiger partial charge in [-0.1, -0.05) is 12.1 Å². The topological polar surface area (TPSA) is 64.2 Å². The molecule has 0 unspecified atom stereocenters. The van der Waals surface area contributed by atoms with Crippen molar-refractivity contribution in [2.75, 3.05) is 5.75 Å². The first-order chi connectivity index (χ1) is 11.2. The van der Waals surface area contributed by atoms with Crippen molar-refractivity contribution in [3.05, 3.63) is 45.9 Å². The lowest BCUT2D eigenvalue weighted by molar-refractivity contribution is 0.00578. The first-order valence-corrected chi connectivity index (χ1v) is 8.51. The van der Waals surface area contributed by atoms with Gasteiger partial charge in [0, 0.05) is 5.75 Å². The van der Waals surface area contributed by atoms with Crippen LogP contribution in [-0.2, 0) is 9.31 Å². The maximum atomic E-state index is 11.8. The van der Waals surface area contributed by atoms with Crippen molar-refractivity contribution >= 4 is 36.7 Å². The van der Waals surface area contributed by atoms with Crippen LogP contribution < -0.4 is 5.56 Å². The Kier molecular flexibility index (Phi) is 4.36. The van der Waals surface area contributed by atoms with Crippen molar-refractivity contribution in [1.82, 2.24) is 9.97 Å². The fourth-order valence-electron chi connectivity index (χ4n) is 2.57. The molecular formula is C17H21BN2O3S. The number of nitrogens with one attached hydrogen (secondary N) is 1. The quantitative estimate of drug-likeness (QED) is 0.664. The highest BCUT2D eigenvalue weighted by Crippen LogP contribution is 2.39. The molecule has 7 heteroatoms. The van der Waals surface area contributed by atoms with E-state index in [-0.39, 0.29) is 5.56 Å². The third kappa shape index (κ3) is 3.03. The van der Waals surface area contributed by atoms with Crippen LogP contribution in [0.5, 0.6) is 0 Å². The molecule has 0 atom stereocenters. The molecule has 1 N–H and O–H groups in total. The highest BCUT2D eigenvalue weighted by Gasteiger charge is 2.52. The Morgan fingerprint density at radius 2 is 1.96 bits per heavy atom. The fourth-order valence-corrected chi connectivity index (χ4v) is 2.81. The Morgan fingerprint density at radius 1 is 1.29 bits per heavy atom. The van der Waals surface area contributed by atoms with Gasteiger partial charge in [0.1, 0.15) is 0 Å². The molecular weight excluding hydrogens is 323 g/mol. The van der Waals surface area contributed by atoms with E-state index in [4.69, 9.17) is 9.31 Å². The van der Waals surface area contributed by atoms with Gasteiger partial charge in [-0.25, -0.2) is 4.98 Å². The van der Waals surface area contributed by atoms with Crippen LogP contribution >= 0.6 is 12.6 Å². The van der Waals surface area contributed by atoms with Gasteiger partial charge in [0.05, 0.1) is 28.4 Å². The Morgan fingerprint density at radius 3 is 2.58 bits per heavy atom. The van der Waals surface area contributed by atoms with E-state index in [1.54, 1.807) is 6.07 Å². The van der Waals surface area contributed by atoms with Crippen LogP contribution in [0.1, 0.15) is 33.3 Å². The average Bonchev–Trinajstić information content (AvgIpc) is 2.73. The van der Waals surface area contributed by atoms with Gasteiger partial charge in [0.15, 0.2) is 0 Å². The summed E-state index contributed by atoms with van der Waals surface area (Å²) in [7, 11) is -0.435. The third-order valence-corrected chi connectivity index (χ3v) is 5.12. The number of nitrogens with zero attached hydrogens (tertiary/aromatic N) is 1. The number of thiol groups is 1. The molecule has 1 saturated heterocycles. The van der Waals surface area contributed by atoms with Gasteiger partial charge in [0.25, 0.3) is 5.56 Å². The van der Waals surface area contributed by atoms with Gasteiger partial charge in [-0.3, -0.25) is 4.79 Å². The predicted octanol–water partition coefficient (Wildman–Crippen LogP) is 2.87. The average molecular weight is 344 g/mol. The van der Waals surface area contributed by atoms with Crippen molar-refractivity contribution in [2.24, 2.45) is 0 Å². The van der Waals surface area contributed by atoms with E-state index < -0.39 is 18.3 Å². The second-order valence-electron chi connectivity index (χ2n) is 6.97. The summed E-state index contributed by atoms with van der Waals surface area (Å²) < 4.78 is 12.2. The van der Waals surface area contributed by atoms with Crippen LogP contribution in [0, 0.1) is 0 Å². The van der Waals surface area contributed by atoms with Gasteiger partial charge in [-0.15, -0.1) is 0 Å². The molecule has 5 nitrogen and oxygen atoms in total. The summed E-state index contributed by atoms with van der Waals surface area (Å²) in [5.74, 6) is 0.512. The molecule has 1 fully saturated rings. The summed E-state index contributed by atoms with van der Waals surface area (Å²) in [6.07, 6.45) is 3.39. The highest BCUT2D eigenvalue weighted by molar-refractivity contribution is 7.80. The van der Waals surface area contributed by atoms with E-state index in [0.717, 1.165) is 11.0 Å². The minimum atomic E-state index is -0.435. The van der Waals surface area contributed by atoms with Crippen molar-refractivity contribution < 1.29 is 9.31 Å². The van der Waals surface area contributed by atoms with Crippen molar-refractivity contribution in [3.63, 3.8) is 0 Å². The summed E-state index contributed by atoms with van der Waals surface area (Å²) in [4.78, 5) is 18.5. The normalized spacial score (nSPS) is 19.9. The Balaban J connectivity index is 1.96. The molecule has 0 aliphatic carbocycles. The molecule has 1 aromatic heterocycles. The monoisotopic (exact) mass is 344 g/mol. The number of aromatic amines is 1. The van der Waals surface area contributed by atoms with Gasteiger partial charge in [0.2, 0.25) is 0 Å². The Labute approximate surface area is 147 Å². The first kappa shape index (κ1) is 17.3. The second-order valence-corrected chi connectivity index (χ2v) is 7.29. The molecule has 24 heavy (non-hydrogen) atoms. The van der Waals surface area contributed by atoms with E-state index in [2.05, 4.69) is 22.6 Å². The maximum Gasteiger partial charge on any atom is 0.491 e. The lowest BCUT2D eigenvalue weighted by Crippen LogP contribution is -2.41. The molecule has 1 aliphatic heterocycles. The third-order valence-electron chi connectivity index (χ3n) is 4.76. The van der Waals surface area contributed by atoms with E-state index in [9.17, 15) is 4.79 Å². The molecule has 0 amide bonds. The number of aromatic nitrogens is 2. The summed E-state index contributed by atoms with van der Waals surface area (Å²) in [5.41, 5.74) is 1.59. The maximum absolute atomic E-state index is 11.8. The van der Waals surface area contributed by atoms with Crippen LogP contribution in [0.3, 0.4) is 0 Å². The molecule has 1 aliphatic rings. The molecule has 2 heterocycles. The molecule has 0 spiro atoms. The van der Waals surface area contributed by atoms with Crippen LogP contribution in [0.4, 0.5) is 0 Å². The standard InChI is InChI=1S/C17H21BN2O3S/c1-16(2)17(3,4)23-18(22-16)12(9-24)7-11-5-6-13-14(8-11)19-10-20-15(13)21/h5-8,10,24H,9H2,1-4H3,(H,19,20,21). The lowest BCUT2D eigenvalue weighted by Gasteiger charge is -2.32. The highest BCUT2D eigenvalue weighted by atomic mass is 32.1. The molecule has 126 valence electrons. The molecule has 3 rings (SSSR count). The largest absolute Gasteiger partial charge is 0.491 e. The van der Waals surface area contributed by atoms with E-state index in [1.165, 1.54) is 6.33 Å². The van der Waals surface area contributed by atoms with E-state index in [1.807, 2.05) is 45.9 Å². The smallest absolute Gasteiger partial charge is 0.400 e. The number of rotatable bonds is 3. The lowest BCUT2D eigenvalue weighted by atomic mass is 9.78. The van der Waals surface area contributed by atoms with Crippen molar-refractivity contribution in [1.29, 1.82) is 0 Å². The van der Waals surface area contributed by atoms with Crippen molar-refractivity contribution in [3.8, 4) is 0 Å². The summed E-state index contributed by atoms with van der Waals surface area (Å²) in [6.45, 7) is 8.09. The fraction of sp³-hybridized carbons (Fsp3) is 0.412. The van der Waals surface area contributed by atoms with Crippen LogP contribution in [0.2, 0.25) is 0 Å². The van der Waals surface area contributed by atoms with E-state index >= 15 is 0 Å². The van der Waals surface area contributed by atoms with Gasteiger partial charge < -0.3 is 14.3 Å². The van der Waals surface area contributed by atoms with Crippen LogP contribution in [0.25, 0.3) is 17.0 Å². The van der Waals surface area contributed by atoms with Gasteiger partial charge >= 0.3 is 7.12 Å². The summed E-state index contributed by atoms with van der Waals surface area (Å²) in [5, 5.41) is 0.567. The minimum Gasteiger partial charge on any atom is -0.400 e. The van der Waals surface area contributed by atoms with Gasteiger partial charge in [-0.05, 0) is 50.9 Å². The number of H-pyrrole nitrogens is 1. The molecule has 2 aromatic rings. The zero-order chi connectivity index (χ0) is 17.5. The Bertz CT molecular complexity index is 844. The number of hydrogen-bond acceptors (Lipinski definition) is 5. The molecule has 0 radical (unpaired) electrons. The molecule has 0 saturated carbocycles. The first-order valence-electron chi connectivity index (χ1n) is 7.88. The number of hydrogen-bond donors (Lipinski definition) is 2. The zero-order valence-electron chi connectivity index (χ0n) is 14.3. The number of fused-ring (bicyclic) bond motifs is 1. The SMILES string of the molecule is CC1(C)OB(C(=Cc2ccc3c(=O)[nH]cnc3c2)CS)OC1(C)C. The Hall–Kier alpha value is -1.57. The second kappa shape index (κ2) is 6.06.